The number of nitrogens with one attached hydrogen (secondary N) is 2. The van der Waals surface area contributed by atoms with Crippen molar-refractivity contribution in [1.29, 1.82) is 0 Å². The highest BCUT2D eigenvalue weighted by Gasteiger charge is 2.40. The summed E-state index contributed by atoms with van der Waals surface area (Å²) in [6.07, 6.45) is 4.38. The van der Waals surface area contributed by atoms with Crippen molar-refractivity contribution in [2.45, 2.75) is 49.7 Å². The van der Waals surface area contributed by atoms with Gasteiger partial charge in [0.25, 0.3) is 0 Å². The Labute approximate surface area is 216 Å². The molecule has 2 heterocycles. The van der Waals surface area contributed by atoms with Crippen LogP contribution >= 0.6 is 0 Å². The Bertz CT molecular complexity index is 1330. The third-order valence-electron chi connectivity index (χ3n) is 6.39. The predicted octanol–water partition coefficient (Wildman–Crippen LogP) is 2.97. The number of anilines is 1. The van der Waals surface area contributed by atoms with E-state index in [0.717, 1.165) is 22.4 Å². The van der Waals surface area contributed by atoms with E-state index in [4.69, 9.17) is 0 Å². The molecule has 0 saturated carbocycles. The molecule has 37 heavy (non-hydrogen) atoms. The number of hydrogen-bond donors (Lipinski definition) is 3. The highest BCUT2D eigenvalue weighted by Crippen LogP contribution is 2.26. The third kappa shape index (κ3) is 6.52. The number of aromatic nitrogens is 1. The van der Waals surface area contributed by atoms with E-state index in [-0.39, 0.29) is 17.9 Å². The fourth-order valence-corrected chi connectivity index (χ4v) is 5.96. The minimum atomic E-state index is -3.88. The average molecular weight is 523 g/mol. The maximum atomic E-state index is 13.2. The lowest BCUT2D eigenvalue weighted by molar-refractivity contribution is -0.142. The molecule has 3 N–H and O–H groups in total. The second-order valence-electron chi connectivity index (χ2n) is 9.10. The number of hydrogen-bond acceptors (Lipinski definition) is 6. The number of carbonyl (C=O) groups excluding carboxylic acids is 1. The molecule has 0 unspecified atom stereocenters. The van der Waals surface area contributed by atoms with Gasteiger partial charge >= 0.3 is 5.97 Å². The largest absolute Gasteiger partial charge is 0.480 e. The molecule has 4 rings (SSSR count). The second kappa shape index (κ2) is 11.5. The van der Waals surface area contributed by atoms with Crippen molar-refractivity contribution in [3.8, 4) is 0 Å². The van der Waals surface area contributed by atoms with E-state index in [0.29, 0.717) is 19.4 Å². The number of nitrogens with zero attached hydrogens (tertiary/aromatic N) is 2. The molecule has 10 heteroatoms. The van der Waals surface area contributed by atoms with Crippen molar-refractivity contribution < 1.29 is 23.1 Å². The molecule has 1 aliphatic rings. The zero-order valence-electron chi connectivity index (χ0n) is 20.5. The van der Waals surface area contributed by atoms with Gasteiger partial charge in [0.05, 0.1) is 4.90 Å². The zero-order chi connectivity index (χ0) is 26.4. The van der Waals surface area contributed by atoms with Crippen LogP contribution in [0.5, 0.6) is 0 Å². The maximum Gasteiger partial charge on any atom is 0.326 e. The van der Waals surface area contributed by atoms with Crippen LogP contribution in [0.2, 0.25) is 0 Å². The summed E-state index contributed by atoms with van der Waals surface area (Å²) in [5.41, 5.74) is 3.62. The summed E-state index contributed by atoms with van der Waals surface area (Å²) in [4.78, 5) is 29.1. The Morgan fingerprint density at radius 1 is 1.03 bits per heavy atom. The van der Waals surface area contributed by atoms with Crippen LogP contribution in [0, 0.1) is 6.92 Å². The quantitative estimate of drug-likeness (QED) is 0.373. The fourth-order valence-electron chi connectivity index (χ4n) is 4.30. The van der Waals surface area contributed by atoms with Crippen LogP contribution in [0.4, 0.5) is 5.69 Å². The van der Waals surface area contributed by atoms with Gasteiger partial charge < -0.3 is 15.7 Å². The minimum Gasteiger partial charge on any atom is -0.480 e. The summed E-state index contributed by atoms with van der Waals surface area (Å²) in [7, 11) is -3.88. The Hall–Kier alpha value is -3.76. The monoisotopic (exact) mass is 522 g/mol. The van der Waals surface area contributed by atoms with Gasteiger partial charge in [0.1, 0.15) is 12.1 Å². The molecular formula is C27H30N4O5S. The number of carbonyl (C=O) groups is 2. The third-order valence-corrected chi connectivity index (χ3v) is 8.31. The molecule has 0 radical (unpaired) electrons. The Balaban J connectivity index is 1.39. The lowest BCUT2D eigenvalue weighted by atomic mass is 10.0. The van der Waals surface area contributed by atoms with Crippen LogP contribution in [-0.4, -0.2) is 53.3 Å². The van der Waals surface area contributed by atoms with E-state index in [2.05, 4.69) is 15.6 Å². The van der Waals surface area contributed by atoms with E-state index < -0.39 is 34.0 Å². The molecule has 1 amide bonds. The van der Waals surface area contributed by atoms with Crippen molar-refractivity contribution in [1.82, 2.24) is 14.6 Å². The maximum absolute atomic E-state index is 13.2. The van der Waals surface area contributed by atoms with Crippen LogP contribution in [0.1, 0.15) is 29.5 Å². The normalized spacial score (nSPS) is 16.7. The SMILES string of the molecule is Cc1ccc(S(=O)(=O)N2CCC[C@H]2C(=O)N[C@@H](Cc2ccc(NCc3ccncc3)cc2)C(=O)O)cc1. The van der Waals surface area contributed by atoms with Crippen LogP contribution in [0.15, 0.2) is 78.0 Å². The number of carboxylic acids is 1. The van der Waals surface area contributed by atoms with Crippen LogP contribution in [-0.2, 0) is 32.6 Å². The van der Waals surface area contributed by atoms with Gasteiger partial charge in [-0.2, -0.15) is 4.31 Å². The van der Waals surface area contributed by atoms with E-state index in [1.807, 2.05) is 31.2 Å². The van der Waals surface area contributed by atoms with Gasteiger partial charge in [-0.1, -0.05) is 29.8 Å². The smallest absolute Gasteiger partial charge is 0.326 e. The molecule has 2 atom stereocenters. The molecule has 3 aromatic rings. The summed E-state index contributed by atoms with van der Waals surface area (Å²) in [6, 6.07) is 15.5. The van der Waals surface area contributed by atoms with Crippen LogP contribution in [0.25, 0.3) is 0 Å². The lowest BCUT2D eigenvalue weighted by Crippen LogP contribution is -2.51. The number of aryl methyl sites for hydroxylation is 1. The summed E-state index contributed by atoms with van der Waals surface area (Å²) >= 11 is 0. The first-order valence-electron chi connectivity index (χ1n) is 12.1. The van der Waals surface area contributed by atoms with E-state index >= 15 is 0 Å². The molecule has 194 valence electrons. The molecule has 1 saturated heterocycles. The van der Waals surface area contributed by atoms with Crippen molar-refractivity contribution in [3.63, 3.8) is 0 Å². The summed E-state index contributed by atoms with van der Waals surface area (Å²) in [6.45, 7) is 2.69. The molecule has 1 aromatic heterocycles. The highest BCUT2D eigenvalue weighted by atomic mass is 32.2. The Morgan fingerprint density at radius 2 is 1.70 bits per heavy atom. The van der Waals surface area contributed by atoms with Crippen molar-refractivity contribution >= 4 is 27.6 Å². The molecule has 0 bridgehead atoms. The molecule has 2 aromatic carbocycles. The van der Waals surface area contributed by atoms with E-state index in [1.54, 1.807) is 36.7 Å². The van der Waals surface area contributed by atoms with Gasteiger partial charge in [-0.3, -0.25) is 9.78 Å². The van der Waals surface area contributed by atoms with Gasteiger partial charge in [-0.05, 0) is 67.3 Å². The van der Waals surface area contributed by atoms with Crippen molar-refractivity contribution in [2.24, 2.45) is 0 Å². The minimum absolute atomic E-state index is 0.0726. The van der Waals surface area contributed by atoms with E-state index in [1.165, 1.54) is 16.4 Å². The molecule has 1 aliphatic heterocycles. The first kappa shape index (κ1) is 26.3. The highest BCUT2D eigenvalue weighted by molar-refractivity contribution is 7.89. The summed E-state index contributed by atoms with van der Waals surface area (Å²) in [5, 5.41) is 15.6. The lowest BCUT2D eigenvalue weighted by Gasteiger charge is -2.25. The number of carboxylic acid groups (broad SMARTS) is 1. The zero-order valence-corrected chi connectivity index (χ0v) is 21.3. The van der Waals surface area contributed by atoms with Gasteiger partial charge in [0.15, 0.2) is 0 Å². The second-order valence-corrected chi connectivity index (χ2v) is 11.0. The van der Waals surface area contributed by atoms with E-state index in [9.17, 15) is 23.1 Å². The average Bonchev–Trinajstić information content (AvgIpc) is 3.40. The fraction of sp³-hybridized carbons (Fsp3) is 0.296. The number of pyridine rings is 1. The molecule has 9 nitrogen and oxygen atoms in total. The molecule has 0 spiro atoms. The number of benzene rings is 2. The molecule has 0 aliphatic carbocycles. The number of sulfonamides is 1. The topological polar surface area (TPSA) is 129 Å². The number of aliphatic carboxylic acids is 1. The number of amides is 1. The first-order valence-corrected chi connectivity index (χ1v) is 13.5. The van der Waals surface area contributed by atoms with Gasteiger partial charge in [0.2, 0.25) is 15.9 Å². The standard InChI is InChI=1S/C27H30N4O5S/c1-19-4-10-23(11-5-19)37(35,36)31-16-2-3-25(31)26(32)30-24(27(33)34)17-20-6-8-22(9-7-20)29-18-21-12-14-28-15-13-21/h4-15,24-25,29H,2-3,16-18H2,1H3,(H,30,32)(H,33,34)/t24-,25-/m0/s1. The van der Waals surface area contributed by atoms with Crippen molar-refractivity contribution in [2.75, 3.05) is 11.9 Å². The number of rotatable bonds is 10. The Kier molecular flexibility index (Phi) is 8.20. The molecular weight excluding hydrogens is 492 g/mol. The Morgan fingerprint density at radius 3 is 2.35 bits per heavy atom. The van der Waals surface area contributed by atoms with Crippen LogP contribution in [0.3, 0.4) is 0 Å². The molecule has 1 fully saturated rings. The summed E-state index contributed by atoms with van der Waals surface area (Å²) in [5.74, 6) is -1.78. The predicted molar refractivity (Wildman–Crippen MR) is 139 cm³/mol. The summed E-state index contributed by atoms with van der Waals surface area (Å²) < 4.78 is 27.5. The van der Waals surface area contributed by atoms with Gasteiger partial charge in [-0.15, -0.1) is 0 Å². The van der Waals surface area contributed by atoms with Gasteiger partial charge in [0, 0.05) is 37.6 Å². The van der Waals surface area contributed by atoms with Crippen LogP contribution < -0.4 is 10.6 Å². The van der Waals surface area contributed by atoms with Gasteiger partial charge in [-0.25, -0.2) is 13.2 Å². The first-order chi connectivity index (χ1) is 17.7. The van der Waals surface area contributed by atoms with Crippen molar-refractivity contribution in [3.05, 3.63) is 89.7 Å².